The van der Waals surface area contributed by atoms with Gasteiger partial charge in [0.2, 0.25) is 0 Å². The van der Waals surface area contributed by atoms with Crippen molar-refractivity contribution >= 4 is 5.97 Å². The molecule has 2 rings (SSSR count). The van der Waals surface area contributed by atoms with E-state index in [0.29, 0.717) is 12.5 Å². The van der Waals surface area contributed by atoms with E-state index in [1.54, 1.807) is 0 Å². The van der Waals surface area contributed by atoms with Crippen LogP contribution in [0.1, 0.15) is 45.4 Å². The number of hydrogen-bond acceptors (Lipinski definition) is 2. The van der Waals surface area contributed by atoms with Crippen LogP contribution in [0.3, 0.4) is 0 Å². The van der Waals surface area contributed by atoms with Gasteiger partial charge in [0.15, 0.2) is 0 Å². The fraction of sp³-hybridized carbons (Fsp3) is 0.917. The minimum atomic E-state index is 0.0581. The molecule has 80 valence electrons. The summed E-state index contributed by atoms with van der Waals surface area (Å²) < 4.78 is 5.34. The molecule has 0 amide bonds. The second-order valence-corrected chi connectivity index (χ2v) is 4.93. The summed E-state index contributed by atoms with van der Waals surface area (Å²) in [6.07, 6.45) is 7.34. The van der Waals surface area contributed by atoms with Crippen LogP contribution in [0, 0.1) is 17.8 Å². The zero-order valence-corrected chi connectivity index (χ0v) is 9.00. The summed E-state index contributed by atoms with van der Waals surface area (Å²) in [4.78, 5) is 11.3. The summed E-state index contributed by atoms with van der Waals surface area (Å²) in [6.45, 7) is 2.96. The molecule has 0 spiro atoms. The molecule has 2 fully saturated rings. The van der Waals surface area contributed by atoms with Crippen molar-refractivity contribution in [3.63, 3.8) is 0 Å². The molecule has 0 radical (unpaired) electrons. The Hall–Kier alpha value is -0.530. The predicted octanol–water partition coefficient (Wildman–Crippen LogP) is 2.77. The van der Waals surface area contributed by atoms with Crippen LogP contribution in [0.2, 0.25) is 0 Å². The van der Waals surface area contributed by atoms with Gasteiger partial charge in [-0.1, -0.05) is 26.2 Å². The molecule has 0 bridgehead atoms. The van der Waals surface area contributed by atoms with Crippen LogP contribution in [-0.2, 0) is 9.53 Å². The Bertz CT molecular complexity index is 208. The Morgan fingerprint density at radius 3 is 2.57 bits per heavy atom. The van der Waals surface area contributed by atoms with Crippen LogP contribution in [0.5, 0.6) is 0 Å². The SMILES string of the molecule is CC1CCCCC1COC(=O)C1CC1. The Balaban J connectivity index is 1.70. The molecular formula is C12H20O2. The maximum Gasteiger partial charge on any atom is 0.308 e. The normalized spacial score (nSPS) is 32.6. The lowest BCUT2D eigenvalue weighted by Gasteiger charge is -2.28. The third-order valence-corrected chi connectivity index (χ3v) is 3.64. The number of carbonyl (C=O) groups is 1. The standard InChI is InChI=1S/C12H20O2/c1-9-4-2-3-5-11(9)8-14-12(13)10-6-7-10/h9-11H,2-8H2,1H3. The molecule has 0 aromatic carbocycles. The van der Waals surface area contributed by atoms with Gasteiger partial charge in [0.05, 0.1) is 12.5 Å². The van der Waals surface area contributed by atoms with Gasteiger partial charge in [-0.05, 0) is 31.1 Å². The molecule has 2 atom stereocenters. The first-order valence-corrected chi connectivity index (χ1v) is 5.94. The fourth-order valence-corrected chi connectivity index (χ4v) is 2.27. The highest BCUT2D eigenvalue weighted by Crippen LogP contribution is 2.32. The molecule has 14 heavy (non-hydrogen) atoms. The molecule has 2 nitrogen and oxygen atoms in total. The maximum atomic E-state index is 11.3. The molecule has 0 aliphatic heterocycles. The summed E-state index contributed by atoms with van der Waals surface area (Å²) in [5.74, 6) is 1.69. The van der Waals surface area contributed by atoms with E-state index in [-0.39, 0.29) is 11.9 Å². The number of esters is 1. The van der Waals surface area contributed by atoms with Gasteiger partial charge in [-0.15, -0.1) is 0 Å². The minimum Gasteiger partial charge on any atom is -0.465 e. The van der Waals surface area contributed by atoms with Gasteiger partial charge in [-0.25, -0.2) is 0 Å². The van der Waals surface area contributed by atoms with E-state index in [1.807, 2.05) is 0 Å². The first kappa shape index (κ1) is 10.0. The van der Waals surface area contributed by atoms with Crippen LogP contribution >= 0.6 is 0 Å². The van der Waals surface area contributed by atoms with Gasteiger partial charge >= 0.3 is 5.97 Å². The lowest BCUT2D eigenvalue weighted by Crippen LogP contribution is -2.23. The summed E-state index contributed by atoms with van der Waals surface area (Å²) in [6, 6.07) is 0. The van der Waals surface area contributed by atoms with Crippen molar-refractivity contribution in [2.45, 2.75) is 45.4 Å². The average molecular weight is 196 g/mol. The molecule has 2 unspecified atom stereocenters. The second kappa shape index (κ2) is 4.33. The predicted molar refractivity (Wildman–Crippen MR) is 54.8 cm³/mol. The molecule has 2 aliphatic carbocycles. The Morgan fingerprint density at radius 1 is 1.21 bits per heavy atom. The maximum absolute atomic E-state index is 11.3. The van der Waals surface area contributed by atoms with Gasteiger partial charge in [0, 0.05) is 0 Å². The fourth-order valence-electron chi connectivity index (χ4n) is 2.27. The van der Waals surface area contributed by atoms with E-state index in [9.17, 15) is 4.79 Å². The van der Waals surface area contributed by atoms with E-state index in [2.05, 4.69) is 6.92 Å². The molecular weight excluding hydrogens is 176 g/mol. The van der Waals surface area contributed by atoms with Gasteiger partial charge in [-0.2, -0.15) is 0 Å². The summed E-state index contributed by atoms with van der Waals surface area (Å²) in [5, 5.41) is 0. The van der Waals surface area contributed by atoms with Gasteiger partial charge in [0.1, 0.15) is 0 Å². The van der Waals surface area contributed by atoms with Crippen LogP contribution in [-0.4, -0.2) is 12.6 Å². The lowest BCUT2D eigenvalue weighted by atomic mass is 9.81. The Morgan fingerprint density at radius 2 is 1.93 bits per heavy atom. The van der Waals surface area contributed by atoms with Crippen molar-refractivity contribution < 1.29 is 9.53 Å². The molecule has 0 N–H and O–H groups in total. The second-order valence-electron chi connectivity index (χ2n) is 4.93. The number of ether oxygens (including phenoxy) is 1. The Kier molecular flexibility index (Phi) is 3.09. The quantitative estimate of drug-likeness (QED) is 0.649. The number of hydrogen-bond donors (Lipinski definition) is 0. The van der Waals surface area contributed by atoms with Crippen LogP contribution < -0.4 is 0 Å². The van der Waals surface area contributed by atoms with Crippen molar-refractivity contribution in [3.8, 4) is 0 Å². The molecule has 2 saturated carbocycles. The van der Waals surface area contributed by atoms with E-state index in [0.717, 1.165) is 18.8 Å². The smallest absolute Gasteiger partial charge is 0.308 e. The summed E-state index contributed by atoms with van der Waals surface area (Å²) in [7, 11) is 0. The highest BCUT2D eigenvalue weighted by molar-refractivity contribution is 5.74. The molecule has 0 saturated heterocycles. The molecule has 0 aromatic rings. The van der Waals surface area contributed by atoms with Crippen LogP contribution in [0.4, 0.5) is 0 Å². The van der Waals surface area contributed by atoms with E-state index in [1.165, 1.54) is 25.7 Å². The summed E-state index contributed by atoms with van der Waals surface area (Å²) >= 11 is 0. The third-order valence-electron chi connectivity index (χ3n) is 3.64. The van der Waals surface area contributed by atoms with Crippen molar-refractivity contribution in [2.75, 3.05) is 6.61 Å². The van der Waals surface area contributed by atoms with E-state index < -0.39 is 0 Å². The zero-order chi connectivity index (χ0) is 9.97. The van der Waals surface area contributed by atoms with Crippen molar-refractivity contribution in [1.29, 1.82) is 0 Å². The first-order valence-electron chi connectivity index (χ1n) is 5.94. The van der Waals surface area contributed by atoms with Crippen molar-refractivity contribution in [2.24, 2.45) is 17.8 Å². The van der Waals surface area contributed by atoms with Gasteiger partial charge in [0.25, 0.3) is 0 Å². The topological polar surface area (TPSA) is 26.3 Å². The van der Waals surface area contributed by atoms with Crippen LogP contribution in [0.25, 0.3) is 0 Å². The molecule has 2 heteroatoms. The molecule has 0 aromatic heterocycles. The minimum absolute atomic E-state index is 0.0581. The highest BCUT2D eigenvalue weighted by Gasteiger charge is 2.32. The number of carbonyl (C=O) groups excluding carboxylic acids is 1. The highest BCUT2D eigenvalue weighted by atomic mass is 16.5. The van der Waals surface area contributed by atoms with Crippen molar-refractivity contribution in [1.82, 2.24) is 0 Å². The summed E-state index contributed by atoms with van der Waals surface area (Å²) in [5.41, 5.74) is 0. The molecule has 2 aliphatic rings. The lowest BCUT2D eigenvalue weighted by molar-refractivity contribution is -0.147. The van der Waals surface area contributed by atoms with Gasteiger partial charge in [-0.3, -0.25) is 4.79 Å². The monoisotopic (exact) mass is 196 g/mol. The Labute approximate surface area is 86.0 Å². The van der Waals surface area contributed by atoms with Crippen molar-refractivity contribution in [3.05, 3.63) is 0 Å². The van der Waals surface area contributed by atoms with E-state index in [4.69, 9.17) is 4.74 Å². The zero-order valence-electron chi connectivity index (χ0n) is 9.00. The molecule has 0 heterocycles. The van der Waals surface area contributed by atoms with Gasteiger partial charge < -0.3 is 4.74 Å². The first-order chi connectivity index (χ1) is 6.77. The number of rotatable bonds is 3. The van der Waals surface area contributed by atoms with Crippen LogP contribution in [0.15, 0.2) is 0 Å². The average Bonchev–Trinajstić information content (AvgIpc) is 2.99. The van der Waals surface area contributed by atoms with E-state index >= 15 is 0 Å². The largest absolute Gasteiger partial charge is 0.465 e. The third kappa shape index (κ3) is 2.49.